The first-order valence-corrected chi connectivity index (χ1v) is 8.65. The summed E-state index contributed by atoms with van der Waals surface area (Å²) in [5.41, 5.74) is 1.32. The third-order valence-corrected chi connectivity index (χ3v) is 4.17. The van der Waals surface area contributed by atoms with Crippen LogP contribution in [0.3, 0.4) is 0 Å². The Morgan fingerprint density at radius 1 is 1.25 bits per heavy atom. The first kappa shape index (κ1) is 18.7. The lowest BCUT2D eigenvalue weighted by molar-refractivity contribution is 0.0170. The van der Waals surface area contributed by atoms with Gasteiger partial charge in [-0.25, -0.2) is 0 Å². The lowest BCUT2D eigenvalue weighted by Gasteiger charge is -2.35. The van der Waals surface area contributed by atoms with E-state index in [4.69, 9.17) is 9.47 Å². The van der Waals surface area contributed by atoms with Crippen LogP contribution in [0, 0.1) is 0 Å². The summed E-state index contributed by atoms with van der Waals surface area (Å²) in [7, 11) is 3.53. The summed E-state index contributed by atoms with van der Waals surface area (Å²) in [5.74, 6) is 0.834. The van der Waals surface area contributed by atoms with Gasteiger partial charge in [0.2, 0.25) is 0 Å². The zero-order valence-electron chi connectivity index (χ0n) is 14.8. The molecule has 1 aromatic rings. The number of nitrogens with zero attached hydrogens (tertiary/aromatic N) is 2. The largest absolute Gasteiger partial charge is 0.385 e. The molecule has 0 aromatic heterocycles. The van der Waals surface area contributed by atoms with Crippen molar-refractivity contribution in [2.24, 2.45) is 4.99 Å². The van der Waals surface area contributed by atoms with Crippen LogP contribution in [0.5, 0.6) is 0 Å². The van der Waals surface area contributed by atoms with E-state index in [1.165, 1.54) is 5.56 Å². The van der Waals surface area contributed by atoms with Crippen LogP contribution < -0.4 is 10.6 Å². The Kier molecular flexibility index (Phi) is 8.59. The van der Waals surface area contributed by atoms with Crippen LogP contribution in [0.2, 0.25) is 0 Å². The fourth-order valence-electron chi connectivity index (χ4n) is 2.86. The molecule has 1 saturated heterocycles. The maximum absolute atomic E-state index is 5.50. The Hall–Kier alpha value is -1.63. The van der Waals surface area contributed by atoms with Crippen LogP contribution in [0.25, 0.3) is 0 Å². The molecule has 1 heterocycles. The molecule has 2 N–H and O–H groups in total. The Morgan fingerprint density at radius 2 is 2.00 bits per heavy atom. The highest BCUT2D eigenvalue weighted by atomic mass is 16.5. The van der Waals surface area contributed by atoms with Gasteiger partial charge in [0.25, 0.3) is 0 Å². The van der Waals surface area contributed by atoms with E-state index in [9.17, 15) is 0 Å². The lowest BCUT2D eigenvalue weighted by Crippen LogP contribution is -2.46. The van der Waals surface area contributed by atoms with Gasteiger partial charge in [-0.3, -0.25) is 9.89 Å². The van der Waals surface area contributed by atoms with E-state index in [1.54, 1.807) is 14.2 Å². The van der Waals surface area contributed by atoms with Crippen LogP contribution in [-0.2, 0) is 9.47 Å². The number of ether oxygens (including phenoxy) is 2. The predicted molar refractivity (Wildman–Crippen MR) is 97.4 cm³/mol. The number of guanidine groups is 1. The number of hydrogen-bond acceptors (Lipinski definition) is 4. The molecule has 1 fully saturated rings. The molecular formula is C18H30N4O2. The van der Waals surface area contributed by atoms with Crippen molar-refractivity contribution in [1.82, 2.24) is 15.5 Å². The van der Waals surface area contributed by atoms with Gasteiger partial charge in [0, 0.05) is 46.9 Å². The van der Waals surface area contributed by atoms with E-state index in [1.807, 2.05) is 0 Å². The number of methoxy groups -OCH3 is 1. The van der Waals surface area contributed by atoms with E-state index >= 15 is 0 Å². The Labute approximate surface area is 145 Å². The van der Waals surface area contributed by atoms with Crippen LogP contribution in [-0.4, -0.2) is 71.0 Å². The number of nitrogens with one attached hydrogen (secondary N) is 2. The molecule has 2 rings (SSSR count). The zero-order valence-corrected chi connectivity index (χ0v) is 14.8. The van der Waals surface area contributed by atoms with Crippen LogP contribution in [0.1, 0.15) is 18.0 Å². The quantitative estimate of drug-likeness (QED) is 0.426. The highest BCUT2D eigenvalue weighted by molar-refractivity contribution is 5.79. The average Bonchev–Trinajstić information content (AvgIpc) is 2.65. The normalized spacial score (nSPS) is 17.5. The average molecular weight is 334 g/mol. The van der Waals surface area contributed by atoms with Gasteiger partial charge in [-0.15, -0.1) is 0 Å². The van der Waals surface area contributed by atoms with Gasteiger partial charge in [-0.2, -0.15) is 0 Å². The molecule has 1 aliphatic heterocycles. The second kappa shape index (κ2) is 11.0. The highest BCUT2D eigenvalue weighted by Crippen LogP contribution is 2.20. The molecule has 0 saturated carbocycles. The standard InChI is InChI=1S/C18H30N4O2/c1-19-18(20-9-6-12-23-2)21-15-17(16-7-4-3-5-8-16)22-10-13-24-14-11-22/h3-5,7-8,17H,6,9-15H2,1-2H3,(H2,19,20,21). The van der Waals surface area contributed by atoms with Gasteiger partial charge >= 0.3 is 0 Å². The van der Waals surface area contributed by atoms with E-state index in [-0.39, 0.29) is 0 Å². The molecule has 6 heteroatoms. The minimum atomic E-state index is 0.313. The molecular weight excluding hydrogens is 304 g/mol. The lowest BCUT2D eigenvalue weighted by atomic mass is 10.0. The number of aliphatic imine (C=N–C) groups is 1. The van der Waals surface area contributed by atoms with Crippen molar-refractivity contribution >= 4 is 5.96 Å². The molecule has 0 radical (unpaired) electrons. The molecule has 1 aliphatic rings. The van der Waals surface area contributed by atoms with E-state index < -0.39 is 0 Å². The Bertz CT molecular complexity index is 475. The van der Waals surface area contributed by atoms with Crippen molar-refractivity contribution < 1.29 is 9.47 Å². The molecule has 0 spiro atoms. The van der Waals surface area contributed by atoms with Crippen LogP contribution in [0.4, 0.5) is 0 Å². The Morgan fingerprint density at radius 3 is 2.67 bits per heavy atom. The number of rotatable bonds is 8. The molecule has 0 bridgehead atoms. The molecule has 1 unspecified atom stereocenters. The van der Waals surface area contributed by atoms with Gasteiger partial charge in [0.15, 0.2) is 5.96 Å². The monoisotopic (exact) mass is 334 g/mol. The maximum atomic E-state index is 5.50. The van der Waals surface area contributed by atoms with Crippen molar-refractivity contribution in [2.45, 2.75) is 12.5 Å². The molecule has 1 atom stereocenters. The third kappa shape index (κ3) is 6.11. The van der Waals surface area contributed by atoms with E-state index in [2.05, 4.69) is 50.9 Å². The minimum absolute atomic E-state index is 0.313. The fraction of sp³-hybridized carbons (Fsp3) is 0.611. The second-order valence-corrected chi connectivity index (χ2v) is 5.80. The summed E-state index contributed by atoms with van der Waals surface area (Å²) in [6, 6.07) is 10.9. The van der Waals surface area contributed by atoms with Crippen LogP contribution in [0.15, 0.2) is 35.3 Å². The first-order valence-electron chi connectivity index (χ1n) is 8.65. The fourth-order valence-corrected chi connectivity index (χ4v) is 2.86. The van der Waals surface area contributed by atoms with E-state index in [0.717, 1.165) is 58.4 Å². The Balaban J connectivity index is 1.92. The maximum Gasteiger partial charge on any atom is 0.191 e. The zero-order chi connectivity index (χ0) is 17.0. The molecule has 1 aromatic carbocycles. The van der Waals surface area contributed by atoms with Gasteiger partial charge < -0.3 is 20.1 Å². The highest BCUT2D eigenvalue weighted by Gasteiger charge is 2.22. The number of hydrogen-bond donors (Lipinski definition) is 2. The summed E-state index contributed by atoms with van der Waals surface area (Å²) < 4.78 is 10.6. The van der Waals surface area contributed by atoms with Gasteiger partial charge in [-0.1, -0.05) is 30.3 Å². The molecule has 0 aliphatic carbocycles. The second-order valence-electron chi connectivity index (χ2n) is 5.80. The van der Waals surface area contributed by atoms with Crippen molar-refractivity contribution in [3.8, 4) is 0 Å². The molecule has 134 valence electrons. The van der Waals surface area contributed by atoms with Crippen molar-refractivity contribution in [2.75, 3.05) is 60.2 Å². The van der Waals surface area contributed by atoms with Crippen LogP contribution >= 0.6 is 0 Å². The molecule has 0 amide bonds. The third-order valence-electron chi connectivity index (χ3n) is 4.17. The smallest absolute Gasteiger partial charge is 0.191 e. The number of benzene rings is 1. The summed E-state index contributed by atoms with van der Waals surface area (Å²) >= 11 is 0. The molecule has 6 nitrogen and oxygen atoms in total. The summed E-state index contributed by atoms with van der Waals surface area (Å²) in [4.78, 5) is 6.78. The number of morpholine rings is 1. The first-order chi connectivity index (χ1) is 11.8. The van der Waals surface area contributed by atoms with Gasteiger partial charge in [-0.05, 0) is 12.0 Å². The van der Waals surface area contributed by atoms with Crippen molar-refractivity contribution in [3.63, 3.8) is 0 Å². The summed E-state index contributed by atoms with van der Waals surface area (Å²) in [6.45, 7) is 5.93. The minimum Gasteiger partial charge on any atom is -0.385 e. The SMILES string of the molecule is CN=C(NCCCOC)NCC(c1ccccc1)N1CCOCC1. The topological polar surface area (TPSA) is 58.1 Å². The summed E-state index contributed by atoms with van der Waals surface area (Å²) in [5, 5.41) is 6.79. The van der Waals surface area contributed by atoms with E-state index in [0.29, 0.717) is 6.04 Å². The van der Waals surface area contributed by atoms with Crippen molar-refractivity contribution in [1.29, 1.82) is 0 Å². The predicted octanol–water partition coefficient (Wildman–Crippen LogP) is 1.26. The summed E-state index contributed by atoms with van der Waals surface area (Å²) in [6.07, 6.45) is 0.961. The van der Waals surface area contributed by atoms with Gasteiger partial charge in [0.1, 0.15) is 0 Å². The van der Waals surface area contributed by atoms with Gasteiger partial charge in [0.05, 0.1) is 19.3 Å². The van der Waals surface area contributed by atoms with Crippen molar-refractivity contribution in [3.05, 3.63) is 35.9 Å². The molecule has 24 heavy (non-hydrogen) atoms.